The molecule has 0 unspecified atom stereocenters. The van der Waals surface area contributed by atoms with Gasteiger partial charge in [0.1, 0.15) is 0 Å². The van der Waals surface area contributed by atoms with Crippen LogP contribution in [0.5, 0.6) is 0 Å². The number of amides is 4. The number of nitrogens with one attached hydrogen (secondary N) is 1. The number of rotatable bonds is 19. The molecule has 12 nitrogen and oxygen atoms in total. The smallest absolute Gasteiger partial charge is 0.261 e. The van der Waals surface area contributed by atoms with Crippen molar-refractivity contribution in [2.75, 3.05) is 65.9 Å². The van der Waals surface area contributed by atoms with E-state index in [1.54, 1.807) is 48.5 Å². The molecule has 66 heavy (non-hydrogen) atoms. The van der Waals surface area contributed by atoms with E-state index in [9.17, 15) is 19.2 Å². The molecular weight excluding hydrogens is 833 g/mol. The predicted molar refractivity (Wildman–Crippen MR) is 254 cm³/mol. The van der Waals surface area contributed by atoms with E-state index in [1.807, 2.05) is 24.3 Å². The van der Waals surface area contributed by atoms with Gasteiger partial charge in [0.05, 0.1) is 75.0 Å². The molecule has 2 N–H and O–H groups in total. The quantitative estimate of drug-likeness (QED) is 0.0484. The minimum atomic E-state index is -0.300. The fourth-order valence-corrected chi connectivity index (χ4v) is 7.17. The van der Waals surface area contributed by atoms with E-state index in [2.05, 4.69) is 117 Å². The second-order valence-electron chi connectivity index (χ2n) is 15.6. The highest BCUT2D eigenvalue weighted by molar-refractivity contribution is 6.22. The summed E-state index contributed by atoms with van der Waals surface area (Å²) in [5, 5.41) is 11.4. The Bertz CT molecular complexity index is 2250. The molecule has 3 aliphatic rings. The lowest BCUT2D eigenvalue weighted by atomic mass is 10.1. The monoisotopic (exact) mass is 890 g/mol. The van der Waals surface area contributed by atoms with E-state index in [0.717, 1.165) is 45.9 Å². The lowest BCUT2D eigenvalue weighted by molar-refractivity contribution is 0.0287. The van der Waals surface area contributed by atoms with Crippen LogP contribution in [0, 0.1) is 0 Å². The van der Waals surface area contributed by atoms with E-state index in [1.165, 1.54) is 27.2 Å². The van der Waals surface area contributed by atoms with Gasteiger partial charge in [0.25, 0.3) is 23.6 Å². The van der Waals surface area contributed by atoms with Crippen molar-refractivity contribution in [1.82, 2.24) is 20.0 Å². The first-order chi connectivity index (χ1) is 32.4. The zero-order valence-electron chi connectivity index (χ0n) is 37.2. The minimum Gasteiger partial charge on any atom is -0.395 e. The number of fused-ring (bicyclic) bond motifs is 2. The Morgan fingerprint density at radius 3 is 1.15 bits per heavy atom. The standard InChI is InChI=1S/C28H30N2O4.C16H19NO.C8H5NO2.C2H4O/c31-27-25-13-7-8-14-26(25)28(32)30(27)16-18-34-20-19-33-17-15-29(21-23-9-3-1-4-10-23)22-24-11-5-2-6-12-24;18-12-11-17(13-15-7-3-1-4-8-15)14-16-9-5-2-6-10-16;10-7-5-3-1-2-4-6(5)8(11)9-7;1-2-3-1/h1-14H,15-22H2;1-10,18H,11-14H2;1-4H,(H,9,10,11);1-2H2. The maximum absolute atomic E-state index is 12.4. The minimum absolute atomic E-state index is 0.194. The van der Waals surface area contributed by atoms with Gasteiger partial charge in [0.2, 0.25) is 0 Å². The summed E-state index contributed by atoms with van der Waals surface area (Å²) in [7, 11) is 0. The van der Waals surface area contributed by atoms with Crippen molar-refractivity contribution >= 4 is 23.6 Å². The van der Waals surface area contributed by atoms with Crippen LogP contribution in [0.25, 0.3) is 0 Å². The molecule has 3 heterocycles. The number of aliphatic hydroxyl groups excluding tert-OH is 1. The van der Waals surface area contributed by atoms with Crippen molar-refractivity contribution in [1.29, 1.82) is 0 Å². The Balaban J connectivity index is 0.000000184. The maximum atomic E-state index is 12.4. The molecule has 4 amide bonds. The summed E-state index contributed by atoms with van der Waals surface area (Å²) < 4.78 is 15.9. The molecule has 0 aromatic heterocycles. The van der Waals surface area contributed by atoms with Crippen LogP contribution in [0.3, 0.4) is 0 Å². The average Bonchev–Trinajstić information content (AvgIpc) is 4.19. The summed E-state index contributed by atoms with van der Waals surface area (Å²) in [4.78, 5) is 52.5. The van der Waals surface area contributed by atoms with Crippen LogP contribution in [-0.4, -0.2) is 109 Å². The Hall–Kier alpha value is -6.64. The van der Waals surface area contributed by atoms with Gasteiger partial charge in [0, 0.05) is 39.3 Å². The molecule has 6 aromatic rings. The van der Waals surface area contributed by atoms with Gasteiger partial charge in [0.15, 0.2) is 0 Å². The molecule has 9 rings (SSSR count). The van der Waals surface area contributed by atoms with Gasteiger partial charge in [-0.1, -0.05) is 146 Å². The Kier molecular flexibility index (Phi) is 20.0. The normalized spacial score (nSPS) is 13.2. The highest BCUT2D eigenvalue weighted by Gasteiger charge is 2.34. The molecule has 1 saturated heterocycles. The molecule has 3 aliphatic heterocycles. The first-order valence-electron chi connectivity index (χ1n) is 22.2. The van der Waals surface area contributed by atoms with Crippen molar-refractivity contribution in [3.63, 3.8) is 0 Å². The van der Waals surface area contributed by atoms with Crippen LogP contribution in [0.2, 0.25) is 0 Å². The number of imide groups is 2. The lowest BCUT2D eigenvalue weighted by Crippen LogP contribution is -2.33. The number of carbonyl (C=O) groups excluding carboxylic acids is 4. The summed E-state index contributed by atoms with van der Waals surface area (Å²) in [6.45, 7) is 9.17. The summed E-state index contributed by atoms with van der Waals surface area (Å²) in [5.74, 6) is -1.11. The fourth-order valence-electron chi connectivity index (χ4n) is 7.17. The summed E-state index contributed by atoms with van der Waals surface area (Å²) in [5.41, 5.74) is 6.97. The number of hydrogen-bond acceptors (Lipinski definition) is 10. The Morgan fingerprint density at radius 1 is 0.455 bits per heavy atom. The Labute approximate surface area is 387 Å². The molecule has 1 fully saturated rings. The molecule has 0 saturated carbocycles. The molecule has 6 aromatic carbocycles. The van der Waals surface area contributed by atoms with Gasteiger partial charge in [-0.25, -0.2) is 0 Å². The number of aliphatic hydroxyl groups is 1. The zero-order chi connectivity index (χ0) is 46.2. The lowest BCUT2D eigenvalue weighted by Gasteiger charge is -2.22. The molecular formula is C54H58N4O8. The van der Waals surface area contributed by atoms with Crippen molar-refractivity contribution in [3.8, 4) is 0 Å². The van der Waals surface area contributed by atoms with Gasteiger partial charge in [-0.05, 0) is 46.5 Å². The topological polar surface area (TPSA) is 141 Å². The third-order valence-corrected chi connectivity index (χ3v) is 10.5. The SMILES string of the molecule is C1CO1.O=C1NC(=O)c2ccccc21.O=C1c2ccccc2C(=O)N1CCOCCOCCN(Cc1ccccc1)Cc1ccccc1.OCCN(Cc1ccccc1)Cc1ccccc1. The summed E-state index contributed by atoms with van der Waals surface area (Å²) in [6, 6.07) is 55.2. The van der Waals surface area contributed by atoms with Gasteiger partial charge in [-0.2, -0.15) is 0 Å². The number of ether oxygens (including phenoxy) is 3. The van der Waals surface area contributed by atoms with E-state index in [-0.39, 0.29) is 36.8 Å². The highest BCUT2D eigenvalue weighted by atomic mass is 16.6. The molecule has 342 valence electrons. The number of carbonyl (C=O) groups is 4. The highest BCUT2D eigenvalue weighted by Crippen LogP contribution is 2.22. The van der Waals surface area contributed by atoms with Crippen molar-refractivity contribution in [3.05, 3.63) is 214 Å². The van der Waals surface area contributed by atoms with Crippen molar-refractivity contribution < 1.29 is 38.5 Å². The van der Waals surface area contributed by atoms with Gasteiger partial charge < -0.3 is 19.3 Å². The number of hydrogen-bond donors (Lipinski definition) is 2. The zero-order valence-corrected chi connectivity index (χ0v) is 37.2. The van der Waals surface area contributed by atoms with Crippen LogP contribution in [0.15, 0.2) is 170 Å². The predicted octanol–water partition coefficient (Wildman–Crippen LogP) is 7.29. The number of epoxide rings is 1. The van der Waals surface area contributed by atoms with Crippen LogP contribution in [-0.2, 0) is 40.4 Å². The molecule has 0 atom stereocenters. The van der Waals surface area contributed by atoms with Crippen LogP contribution in [0.1, 0.15) is 63.7 Å². The molecule has 12 heteroatoms. The summed E-state index contributed by atoms with van der Waals surface area (Å²) in [6.07, 6.45) is 0. The van der Waals surface area contributed by atoms with Crippen LogP contribution >= 0.6 is 0 Å². The molecule has 0 spiro atoms. The first kappa shape index (κ1) is 48.8. The fraction of sp³-hybridized carbons (Fsp3) is 0.259. The molecule has 0 bridgehead atoms. The van der Waals surface area contributed by atoms with Crippen LogP contribution in [0.4, 0.5) is 0 Å². The van der Waals surface area contributed by atoms with Gasteiger partial charge in [-0.15, -0.1) is 0 Å². The summed E-state index contributed by atoms with van der Waals surface area (Å²) >= 11 is 0. The average molecular weight is 891 g/mol. The van der Waals surface area contributed by atoms with Crippen molar-refractivity contribution in [2.45, 2.75) is 26.2 Å². The molecule has 0 radical (unpaired) electrons. The maximum Gasteiger partial charge on any atom is 0.261 e. The second-order valence-corrected chi connectivity index (χ2v) is 15.6. The molecule has 0 aliphatic carbocycles. The largest absolute Gasteiger partial charge is 0.395 e. The third kappa shape index (κ3) is 16.1. The van der Waals surface area contributed by atoms with E-state index in [4.69, 9.17) is 14.6 Å². The number of nitrogens with zero attached hydrogens (tertiary/aromatic N) is 3. The van der Waals surface area contributed by atoms with Crippen LogP contribution < -0.4 is 5.32 Å². The third-order valence-electron chi connectivity index (χ3n) is 10.5. The van der Waals surface area contributed by atoms with E-state index < -0.39 is 0 Å². The van der Waals surface area contributed by atoms with Gasteiger partial charge in [-0.3, -0.25) is 39.2 Å². The van der Waals surface area contributed by atoms with Gasteiger partial charge >= 0.3 is 0 Å². The van der Waals surface area contributed by atoms with E-state index in [0.29, 0.717) is 55.2 Å². The Morgan fingerprint density at radius 2 is 0.788 bits per heavy atom. The first-order valence-corrected chi connectivity index (χ1v) is 22.2. The number of benzene rings is 6. The van der Waals surface area contributed by atoms with E-state index >= 15 is 0 Å². The van der Waals surface area contributed by atoms with Crippen molar-refractivity contribution in [2.24, 2.45) is 0 Å². The second kappa shape index (κ2) is 27.0.